The van der Waals surface area contributed by atoms with Gasteiger partial charge in [-0.25, -0.2) is 4.79 Å². The summed E-state index contributed by atoms with van der Waals surface area (Å²) in [6.07, 6.45) is 4.29. The average Bonchev–Trinajstić information content (AvgIpc) is 3.00. The topological polar surface area (TPSA) is 70.2 Å². The summed E-state index contributed by atoms with van der Waals surface area (Å²) in [5.41, 5.74) is 1.11. The van der Waals surface area contributed by atoms with Gasteiger partial charge in [-0.15, -0.1) is 0 Å². The standard InChI is InChI=1S/C17H25N3O2/c1-12(14-8-4-3-5-9-14)18-13(2)16(21)20-17(22)19-15-10-6-7-11-15/h3-5,8-9,12-13,15,18H,6-7,10-11H2,1-2H3,(H2,19,20,21,22)/t12-,13+/m1/s1. The molecule has 3 N–H and O–H groups in total. The fourth-order valence-corrected chi connectivity index (χ4v) is 2.80. The van der Waals surface area contributed by atoms with Gasteiger partial charge in [-0.3, -0.25) is 15.4 Å². The van der Waals surface area contributed by atoms with Gasteiger partial charge in [0, 0.05) is 12.1 Å². The van der Waals surface area contributed by atoms with Crippen LogP contribution < -0.4 is 16.0 Å². The van der Waals surface area contributed by atoms with E-state index in [2.05, 4.69) is 16.0 Å². The first-order chi connectivity index (χ1) is 10.6. The van der Waals surface area contributed by atoms with E-state index >= 15 is 0 Å². The lowest BCUT2D eigenvalue weighted by molar-refractivity contribution is -0.121. The van der Waals surface area contributed by atoms with Gasteiger partial charge < -0.3 is 5.32 Å². The number of imide groups is 1. The second kappa shape index (κ2) is 7.94. The molecule has 2 atom stereocenters. The molecule has 0 saturated heterocycles. The van der Waals surface area contributed by atoms with Gasteiger partial charge in [0.2, 0.25) is 5.91 Å². The van der Waals surface area contributed by atoms with Crippen molar-refractivity contribution in [3.63, 3.8) is 0 Å². The van der Waals surface area contributed by atoms with Crippen LogP contribution in [0.3, 0.4) is 0 Å². The fourth-order valence-electron chi connectivity index (χ4n) is 2.80. The molecular formula is C17H25N3O2. The zero-order valence-electron chi connectivity index (χ0n) is 13.3. The maximum atomic E-state index is 12.1. The summed E-state index contributed by atoms with van der Waals surface area (Å²) in [6, 6.07) is 9.33. The maximum absolute atomic E-state index is 12.1. The lowest BCUT2D eigenvalue weighted by Gasteiger charge is -2.20. The van der Waals surface area contributed by atoms with Crippen LogP contribution >= 0.6 is 0 Å². The van der Waals surface area contributed by atoms with Crippen molar-refractivity contribution >= 4 is 11.9 Å². The summed E-state index contributed by atoms with van der Waals surface area (Å²) < 4.78 is 0. The van der Waals surface area contributed by atoms with E-state index in [9.17, 15) is 9.59 Å². The lowest BCUT2D eigenvalue weighted by Crippen LogP contribution is -2.50. The van der Waals surface area contributed by atoms with Crippen molar-refractivity contribution in [3.05, 3.63) is 35.9 Å². The number of carbonyl (C=O) groups is 2. The first kappa shape index (κ1) is 16.5. The van der Waals surface area contributed by atoms with Crippen molar-refractivity contribution < 1.29 is 9.59 Å². The van der Waals surface area contributed by atoms with Crippen molar-refractivity contribution in [1.29, 1.82) is 0 Å². The predicted molar refractivity (Wildman–Crippen MR) is 86.4 cm³/mol. The van der Waals surface area contributed by atoms with E-state index < -0.39 is 12.1 Å². The minimum atomic E-state index is -0.440. The van der Waals surface area contributed by atoms with Crippen LogP contribution in [-0.4, -0.2) is 24.0 Å². The quantitative estimate of drug-likeness (QED) is 0.782. The van der Waals surface area contributed by atoms with Crippen LogP contribution in [0.4, 0.5) is 4.79 Å². The van der Waals surface area contributed by atoms with Crippen molar-refractivity contribution in [2.24, 2.45) is 0 Å². The molecule has 0 aromatic heterocycles. The predicted octanol–water partition coefficient (Wildman–Crippen LogP) is 2.49. The molecule has 1 saturated carbocycles. The molecule has 0 heterocycles. The molecule has 1 aliphatic carbocycles. The molecule has 22 heavy (non-hydrogen) atoms. The zero-order valence-corrected chi connectivity index (χ0v) is 13.3. The first-order valence-electron chi connectivity index (χ1n) is 7.98. The Morgan fingerprint density at radius 3 is 2.36 bits per heavy atom. The second-order valence-corrected chi connectivity index (χ2v) is 5.96. The Balaban J connectivity index is 1.77. The second-order valence-electron chi connectivity index (χ2n) is 5.96. The Labute approximate surface area is 131 Å². The van der Waals surface area contributed by atoms with Gasteiger partial charge >= 0.3 is 6.03 Å². The Hall–Kier alpha value is -1.88. The number of nitrogens with one attached hydrogen (secondary N) is 3. The molecule has 1 aromatic carbocycles. The number of urea groups is 1. The van der Waals surface area contributed by atoms with E-state index in [1.807, 2.05) is 37.3 Å². The van der Waals surface area contributed by atoms with Gasteiger partial charge in [0.15, 0.2) is 0 Å². The van der Waals surface area contributed by atoms with Gasteiger partial charge in [-0.1, -0.05) is 43.2 Å². The molecule has 3 amide bonds. The van der Waals surface area contributed by atoms with Crippen LogP contribution in [0.1, 0.15) is 51.1 Å². The fraction of sp³-hybridized carbons (Fsp3) is 0.529. The van der Waals surface area contributed by atoms with Gasteiger partial charge in [0.1, 0.15) is 0 Å². The van der Waals surface area contributed by atoms with E-state index in [4.69, 9.17) is 0 Å². The zero-order chi connectivity index (χ0) is 15.9. The molecule has 0 bridgehead atoms. The molecule has 2 rings (SSSR count). The monoisotopic (exact) mass is 303 g/mol. The summed E-state index contributed by atoms with van der Waals surface area (Å²) in [5.74, 6) is -0.307. The van der Waals surface area contributed by atoms with Crippen LogP contribution in [-0.2, 0) is 4.79 Å². The molecule has 0 spiro atoms. The molecule has 1 aliphatic rings. The summed E-state index contributed by atoms with van der Waals surface area (Å²) in [5, 5.41) is 8.47. The summed E-state index contributed by atoms with van der Waals surface area (Å²) >= 11 is 0. The van der Waals surface area contributed by atoms with E-state index in [1.54, 1.807) is 6.92 Å². The van der Waals surface area contributed by atoms with Crippen molar-refractivity contribution in [3.8, 4) is 0 Å². The molecule has 1 fully saturated rings. The van der Waals surface area contributed by atoms with Crippen LogP contribution in [0.15, 0.2) is 30.3 Å². The first-order valence-corrected chi connectivity index (χ1v) is 7.98. The summed E-state index contributed by atoms with van der Waals surface area (Å²) in [7, 11) is 0. The number of hydrogen-bond donors (Lipinski definition) is 3. The number of rotatable bonds is 5. The molecule has 5 nitrogen and oxygen atoms in total. The van der Waals surface area contributed by atoms with Crippen molar-refractivity contribution in [2.45, 2.75) is 57.7 Å². The molecule has 1 aromatic rings. The van der Waals surface area contributed by atoms with E-state index in [-0.39, 0.29) is 18.0 Å². The molecule has 120 valence electrons. The smallest absolute Gasteiger partial charge is 0.321 e. The van der Waals surface area contributed by atoms with E-state index in [1.165, 1.54) is 0 Å². The largest absolute Gasteiger partial charge is 0.335 e. The third-order valence-corrected chi connectivity index (χ3v) is 4.12. The number of amides is 3. The third kappa shape index (κ3) is 4.84. The number of carbonyl (C=O) groups excluding carboxylic acids is 2. The molecule has 0 unspecified atom stereocenters. The van der Waals surface area contributed by atoms with Crippen LogP contribution in [0, 0.1) is 0 Å². The minimum Gasteiger partial charge on any atom is -0.335 e. The lowest BCUT2D eigenvalue weighted by atomic mass is 10.1. The van der Waals surface area contributed by atoms with Crippen molar-refractivity contribution in [1.82, 2.24) is 16.0 Å². The average molecular weight is 303 g/mol. The molecule has 0 radical (unpaired) electrons. The minimum absolute atomic E-state index is 0.0415. The van der Waals surface area contributed by atoms with Crippen LogP contribution in [0.25, 0.3) is 0 Å². The van der Waals surface area contributed by atoms with Crippen LogP contribution in [0.5, 0.6) is 0 Å². The third-order valence-electron chi connectivity index (χ3n) is 4.12. The van der Waals surface area contributed by atoms with Gasteiger partial charge in [-0.05, 0) is 32.3 Å². The number of benzene rings is 1. The SMILES string of the molecule is C[C@H](N[C@H](C)c1ccccc1)C(=O)NC(=O)NC1CCCC1. The van der Waals surface area contributed by atoms with Crippen molar-refractivity contribution in [2.75, 3.05) is 0 Å². The molecule has 5 heteroatoms. The van der Waals surface area contributed by atoms with Gasteiger partial charge in [-0.2, -0.15) is 0 Å². The number of hydrogen-bond acceptors (Lipinski definition) is 3. The Morgan fingerprint density at radius 1 is 1.09 bits per heavy atom. The normalized spacial score (nSPS) is 17.7. The Morgan fingerprint density at radius 2 is 1.73 bits per heavy atom. The van der Waals surface area contributed by atoms with E-state index in [0.717, 1.165) is 31.2 Å². The summed E-state index contributed by atoms with van der Waals surface area (Å²) in [4.78, 5) is 23.9. The summed E-state index contributed by atoms with van der Waals surface area (Å²) in [6.45, 7) is 3.76. The van der Waals surface area contributed by atoms with Gasteiger partial charge in [0.25, 0.3) is 0 Å². The van der Waals surface area contributed by atoms with E-state index in [0.29, 0.717) is 0 Å². The highest BCUT2D eigenvalue weighted by Crippen LogP contribution is 2.17. The molecule has 0 aliphatic heterocycles. The maximum Gasteiger partial charge on any atom is 0.321 e. The Kier molecular flexibility index (Phi) is 5.95. The van der Waals surface area contributed by atoms with Crippen LogP contribution in [0.2, 0.25) is 0 Å². The highest BCUT2D eigenvalue weighted by molar-refractivity contribution is 5.96. The highest BCUT2D eigenvalue weighted by Gasteiger charge is 2.21. The Bertz CT molecular complexity index is 498. The highest BCUT2D eigenvalue weighted by atomic mass is 16.2. The molecular weight excluding hydrogens is 278 g/mol. The van der Waals surface area contributed by atoms with Gasteiger partial charge in [0.05, 0.1) is 6.04 Å².